The zero-order valence-electron chi connectivity index (χ0n) is 8.78. The summed E-state index contributed by atoms with van der Waals surface area (Å²) in [7, 11) is 5.17. The highest BCUT2D eigenvalue weighted by molar-refractivity contribution is 6.30. The van der Waals surface area contributed by atoms with Gasteiger partial charge >= 0.3 is 0 Å². The fourth-order valence-electron chi connectivity index (χ4n) is 1.23. The van der Waals surface area contributed by atoms with Crippen molar-refractivity contribution in [2.24, 2.45) is 7.05 Å². The van der Waals surface area contributed by atoms with Gasteiger partial charge in [-0.05, 0) is 6.92 Å². The molecule has 1 rings (SSSR count). The van der Waals surface area contributed by atoms with E-state index in [1.54, 1.807) is 32.0 Å². The number of rotatable bonds is 2. The summed E-state index contributed by atoms with van der Waals surface area (Å²) in [5.74, 6) is -0.122. The van der Waals surface area contributed by atoms with Gasteiger partial charge in [-0.25, -0.2) is 0 Å². The number of carbonyl (C=O) groups is 1. The molecule has 0 fully saturated rings. The number of hydrogen-bond acceptors (Lipinski definition) is 2. The van der Waals surface area contributed by atoms with Crippen LogP contribution in [0.25, 0.3) is 0 Å². The number of nitrogens with zero attached hydrogens (tertiary/aromatic N) is 3. The van der Waals surface area contributed by atoms with Crippen LogP contribution in [0.2, 0.25) is 0 Å². The summed E-state index contributed by atoms with van der Waals surface area (Å²) < 4.78 is 1.66. The maximum Gasteiger partial charge on any atom is 0.244 e. The molecule has 0 aliphatic rings. The van der Waals surface area contributed by atoms with E-state index in [0.717, 1.165) is 11.3 Å². The van der Waals surface area contributed by atoms with Gasteiger partial charge in [0.05, 0.1) is 5.69 Å². The highest BCUT2D eigenvalue weighted by Crippen LogP contribution is 2.24. The molecule has 0 radical (unpaired) electrons. The van der Waals surface area contributed by atoms with Crippen LogP contribution in [-0.4, -0.2) is 34.7 Å². The van der Waals surface area contributed by atoms with Gasteiger partial charge in [0.25, 0.3) is 0 Å². The monoisotopic (exact) mass is 215 g/mol. The van der Waals surface area contributed by atoms with E-state index < -0.39 is 5.38 Å². The molecule has 0 bridgehead atoms. The number of halogens is 1. The zero-order valence-corrected chi connectivity index (χ0v) is 9.54. The van der Waals surface area contributed by atoms with Gasteiger partial charge in [-0.2, -0.15) is 5.10 Å². The van der Waals surface area contributed by atoms with Crippen LogP contribution in [0.4, 0.5) is 0 Å². The molecule has 0 N–H and O–H groups in total. The summed E-state index contributed by atoms with van der Waals surface area (Å²) in [5, 5.41) is 3.50. The van der Waals surface area contributed by atoms with Gasteiger partial charge in [0.1, 0.15) is 5.38 Å². The van der Waals surface area contributed by atoms with Crippen molar-refractivity contribution < 1.29 is 4.79 Å². The summed E-state index contributed by atoms with van der Waals surface area (Å²) in [6.45, 7) is 1.84. The Morgan fingerprint density at radius 3 is 2.57 bits per heavy atom. The molecule has 0 aromatic carbocycles. The van der Waals surface area contributed by atoms with Crippen LogP contribution in [0.5, 0.6) is 0 Å². The second-order valence-corrected chi connectivity index (χ2v) is 3.88. The molecule has 5 heteroatoms. The number of hydrogen-bond donors (Lipinski definition) is 0. The topological polar surface area (TPSA) is 38.1 Å². The number of aromatic nitrogens is 2. The predicted octanol–water partition coefficient (Wildman–Crippen LogP) is 1.10. The number of carbonyl (C=O) groups excluding carboxylic acids is 1. The lowest BCUT2D eigenvalue weighted by Gasteiger charge is -2.14. The fourth-order valence-corrected chi connectivity index (χ4v) is 1.64. The highest BCUT2D eigenvalue weighted by Gasteiger charge is 2.22. The van der Waals surface area contributed by atoms with E-state index in [1.165, 1.54) is 4.90 Å². The van der Waals surface area contributed by atoms with Crippen LogP contribution in [0.1, 0.15) is 16.6 Å². The Morgan fingerprint density at radius 1 is 1.64 bits per heavy atom. The van der Waals surface area contributed by atoms with Crippen molar-refractivity contribution in [1.29, 1.82) is 0 Å². The van der Waals surface area contributed by atoms with Crippen LogP contribution in [0.3, 0.4) is 0 Å². The van der Waals surface area contributed by atoms with E-state index in [-0.39, 0.29) is 5.91 Å². The normalized spacial score (nSPS) is 12.6. The average molecular weight is 216 g/mol. The summed E-state index contributed by atoms with van der Waals surface area (Å²) in [6, 6.07) is 0. The first-order chi connectivity index (χ1) is 6.43. The summed E-state index contributed by atoms with van der Waals surface area (Å²) in [6.07, 6.45) is 1.77. The van der Waals surface area contributed by atoms with Gasteiger partial charge in [-0.1, -0.05) is 0 Å². The molecule has 0 spiro atoms. The third-order valence-electron chi connectivity index (χ3n) is 1.98. The van der Waals surface area contributed by atoms with Gasteiger partial charge < -0.3 is 4.90 Å². The van der Waals surface area contributed by atoms with Crippen molar-refractivity contribution in [3.05, 3.63) is 17.5 Å². The molecule has 1 heterocycles. The first kappa shape index (κ1) is 11.0. The summed E-state index contributed by atoms with van der Waals surface area (Å²) in [5.41, 5.74) is 1.57. The standard InChI is InChI=1S/C9H14ClN3O/c1-6-7(5-13(4)11-6)8(10)9(14)12(2)3/h5,8H,1-4H3. The molecule has 0 saturated heterocycles. The van der Waals surface area contributed by atoms with Gasteiger partial charge in [0.2, 0.25) is 5.91 Å². The molecule has 0 aliphatic carbocycles. The molecular formula is C9H14ClN3O. The molecule has 1 amide bonds. The van der Waals surface area contributed by atoms with Crippen molar-refractivity contribution >= 4 is 17.5 Å². The minimum absolute atomic E-state index is 0.122. The molecule has 1 aromatic heterocycles. The Labute approximate surface area is 88.5 Å². The van der Waals surface area contributed by atoms with E-state index in [1.807, 2.05) is 6.92 Å². The second-order valence-electron chi connectivity index (χ2n) is 3.44. The van der Waals surface area contributed by atoms with Crippen molar-refractivity contribution in [3.63, 3.8) is 0 Å². The predicted molar refractivity (Wildman–Crippen MR) is 55.2 cm³/mol. The Morgan fingerprint density at radius 2 is 2.21 bits per heavy atom. The molecule has 14 heavy (non-hydrogen) atoms. The molecule has 4 nitrogen and oxygen atoms in total. The molecule has 1 aromatic rings. The van der Waals surface area contributed by atoms with Crippen LogP contribution < -0.4 is 0 Å². The largest absolute Gasteiger partial charge is 0.347 e. The lowest BCUT2D eigenvalue weighted by atomic mass is 10.2. The minimum Gasteiger partial charge on any atom is -0.347 e. The molecule has 1 unspecified atom stereocenters. The zero-order chi connectivity index (χ0) is 10.9. The van der Waals surface area contributed by atoms with E-state index in [0.29, 0.717) is 0 Å². The molecule has 0 aliphatic heterocycles. The summed E-state index contributed by atoms with van der Waals surface area (Å²) >= 11 is 6.03. The fraction of sp³-hybridized carbons (Fsp3) is 0.556. The second kappa shape index (κ2) is 4.00. The van der Waals surface area contributed by atoms with Gasteiger partial charge in [0, 0.05) is 32.9 Å². The quantitative estimate of drug-likeness (QED) is 0.693. The number of aryl methyl sites for hydroxylation is 2. The van der Waals surface area contributed by atoms with Gasteiger partial charge in [-0.15, -0.1) is 11.6 Å². The highest BCUT2D eigenvalue weighted by atomic mass is 35.5. The molecule has 0 saturated carbocycles. The van der Waals surface area contributed by atoms with E-state index in [9.17, 15) is 4.79 Å². The first-order valence-corrected chi connectivity index (χ1v) is 4.72. The minimum atomic E-state index is -0.640. The maximum absolute atomic E-state index is 11.6. The SMILES string of the molecule is Cc1nn(C)cc1C(Cl)C(=O)N(C)C. The van der Waals surface area contributed by atoms with E-state index in [2.05, 4.69) is 5.10 Å². The number of likely N-dealkylation sites (N-methyl/N-ethyl adjacent to an activating group) is 1. The lowest BCUT2D eigenvalue weighted by Crippen LogP contribution is -2.25. The molecule has 78 valence electrons. The van der Waals surface area contributed by atoms with Crippen LogP contribution in [0.15, 0.2) is 6.20 Å². The lowest BCUT2D eigenvalue weighted by molar-refractivity contribution is -0.128. The smallest absolute Gasteiger partial charge is 0.244 e. The molecule has 1 atom stereocenters. The van der Waals surface area contributed by atoms with Crippen molar-refractivity contribution in [2.75, 3.05) is 14.1 Å². The Bertz CT molecular complexity index is 346. The molecular weight excluding hydrogens is 202 g/mol. The van der Waals surface area contributed by atoms with E-state index in [4.69, 9.17) is 11.6 Å². The van der Waals surface area contributed by atoms with E-state index >= 15 is 0 Å². The van der Waals surface area contributed by atoms with Crippen LogP contribution in [-0.2, 0) is 11.8 Å². The van der Waals surface area contributed by atoms with Gasteiger partial charge in [-0.3, -0.25) is 9.48 Å². The third kappa shape index (κ3) is 2.07. The van der Waals surface area contributed by atoms with Gasteiger partial charge in [0.15, 0.2) is 0 Å². The number of alkyl halides is 1. The van der Waals surface area contributed by atoms with Crippen LogP contribution >= 0.6 is 11.6 Å². The number of amides is 1. The summed E-state index contributed by atoms with van der Waals surface area (Å²) in [4.78, 5) is 13.0. The van der Waals surface area contributed by atoms with Crippen molar-refractivity contribution in [2.45, 2.75) is 12.3 Å². The third-order valence-corrected chi connectivity index (χ3v) is 2.40. The average Bonchev–Trinajstić information content (AvgIpc) is 2.42. The first-order valence-electron chi connectivity index (χ1n) is 4.29. The van der Waals surface area contributed by atoms with Crippen molar-refractivity contribution in [1.82, 2.24) is 14.7 Å². The Balaban J connectivity index is 2.94. The Kier molecular flexibility index (Phi) is 3.16. The van der Waals surface area contributed by atoms with Crippen LogP contribution in [0, 0.1) is 6.92 Å². The van der Waals surface area contributed by atoms with Crippen molar-refractivity contribution in [3.8, 4) is 0 Å². The Hall–Kier alpha value is -1.03. The maximum atomic E-state index is 11.6.